The summed E-state index contributed by atoms with van der Waals surface area (Å²) >= 11 is 0. The lowest BCUT2D eigenvalue weighted by Crippen LogP contribution is -2.33. The molecule has 1 rings (SSSR count). The molecule has 2 N–H and O–H groups in total. The lowest BCUT2D eigenvalue weighted by Gasteiger charge is -2.16. The third-order valence-electron chi connectivity index (χ3n) is 2.41. The third-order valence-corrected chi connectivity index (χ3v) is 2.41. The fourth-order valence-electron chi connectivity index (χ4n) is 1.45. The Morgan fingerprint density at radius 1 is 1.37 bits per heavy atom. The van der Waals surface area contributed by atoms with Crippen molar-refractivity contribution >= 4 is 11.9 Å². The Balaban J connectivity index is 2.99. The van der Waals surface area contributed by atoms with Gasteiger partial charge in [-0.05, 0) is 32.0 Å². The number of likely N-dealkylation sites (N-methyl/N-ethyl adjacent to an activating group) is 1. The molecule has 0 radical (unpaired) electrons. The summed E-state index contributed by atoms with van der Waals surface area (Å²) in [6.07, 6.45) is -0.695. The highest BCUT2D eigenvalue weighted by molar-refractivity contribution is 5.88. The lowest BCUT2D eigenvalue weighted by molar-refractivity contribution is -0.126. The zero-order valence-corrected chi connectivity index (χ0v) is 11.1. The van der Waals surface area contributed by atoms with E-state index >= 15 is 0 Å². The molecule has 19 heavy (non-hydrogen) atoms. The fourth-order valence-corrected chi connectivity index (χ4v) is 1.45. The van der Waals surface area contributed by atoms with Crippen molar-refractivity contribution in [3.8, 4) is 11.5 Å². The van der Waals surface area contributed by atoms with Gasteiger partial charge in [0.15, 0.2) is 17.6 Å². The van der Waals surface area contributed by atoms with Gasteiger partial charge in [-0.15, -0.1) is 0 Å². The molecule has 0 aliphatic rings. The molecule has 0 heterocycles. The van der Waals surface area contributed by atoms with E-state index in [1.807, 2.05) is 0 Å². The van der Waals surface area contributed by atoms with Gasteiger partial charge in [-0.2, -0.15) is 0 Å². The smallest absolute Gasteiger partial charge is 0.335 e. The van der Waals surface area contributed by atoms with Crippen molar-refractivity contribution in [1.82, 2.24) is 5.32 Å². The van der Waals surface area contributed by atoms with Crippen LogP contribution in [0.2, 0.25) is 0 Å². The maximum absolute atomic E-state index is 11.4. The van der Waals surface area contributed by atoms with Crippen LogP contribution in [-0.4, -0.2) is 36.7 Å². The molecule has 0 saturated carbocycles. The fraction of sp³-hybridized carbons (Fsp3) is 0.385. The SMILES string of the molecule is CCOc1cc(C(=O)O)ccc1OC(C)C(=O)NC. The molecule has 0 aromatic heterocycles. The van der Waals surface area contributed by atoms with E-state index in [9.17, 15) is 9.59 Å². The van der Waals surface area contributed by atoms with Crippen LogP contribution in [0.15, 0.2) is 18.2 Å². The van der Waals surface area contributed by atoms with Crippen LogP contribution in [-0.2, 0) is 4.79 Å². The summed E-state index contributed by atoms with van der Waals surface area (Å²) in [5.41, 5.74) is 0.100. The zero-order valence-electron chi connectivity index (χ0n) is 11.1. The molecular weight excluding hydrogens is 250 g/mol. The first-order valence-corrected chi connectivity index (χ1v) is 5.88. The Morgan fingerprint density at radius 2 is 2.05 bits per heavy atom. The van der Waals surface area contributed by atoms with Crippen LogP contribution in [0.1, 0.15) is 24.2 Å². The maximum atomic E-state index is 11.4. The first-order valence-electron chi connectivity index (χ1n) is 5.88. The minimum Gasteiger partial charge on any atom is -0.490 e. The van der Waals surface area contributed by atoms with Crippen LogP contribution in [0.25, 0.3) is 0 Å². The highest BCUT2D eigenvalue weighted by Gasteiger charge is 2.17. The number of rotatable bonds is 6. The molecule has 0 fully saturated rings. The lowest BCUT2D eigenvalue weighted by atomic mass is 10.2. The summed E-state index contributed by atoms with van der Waals surface area (Å²) < 4.78 is 10.8. The van der Waals surface area contributed by atoms with Gasteiger partial charge < -0.3 is 19.9 Å². The Hall–Kier alpha value is -2.24. The number of benzene rings is 1. The molecule has 1 aromatic carbocycles. The van der Waals surface area contributed by atoms with Crippen LogP contribution in [0.5, 0.6) is 11.5 Å². The van der Waals surface area contributed by atoms with E-state index in [0.29, 0.717) is 18.1 Å². The van der Waals surface area contributed by atoms with E-state index in [2.05, 4.69) is 5.32 Å². The number of hydrogen-bond acceptors (Lipinski definition) is 4. The van der Waals surface area contributed by atoms with Gasteiger partial charge in [-0.25, -0.2) is 4.79 Å². The van der Waals surface area contributed by atoms with Gasteiger partial charge in [0.2, 0.25) is 0 Å². The largest absolute Gasteiger partial charge is 0.490 e. The minimum absolute atomic E-state index is 0.100. The van der Waals surface area contributed by atoms with Gasteiger partial charge in [-0.3, -0.25) is 4.79 Å². The molecule has 6 nitrogen and oxygen atoms in total. The first kappa shape index (κ1) is 14.8. The van der Waals surface area contributed by atoms with Gasteiger partial charge in [0, 0.05) is 7.05 Å². The molecule has 6 heteroatoms. The monoisotopic (exact) mass is 267 g/mol. The van der Waals surface area contributed by atoms with Crippen molar-refractivity contribution in [3.05, 3.63) is 23.8 Å². The van der Waals surface area contributed by atoms with Crippen molar-refractivity contribution in [1.29, 1.82) is 0 Å². The van der Waals surface area contributed by atoms with Gasteiger partial charge in [0.1, 0.15) is 0 Å². The van der Waals surface area contributed by atoms with Gasteiger partial charge in [-0.1, -0.05) is 0 Å². The number of ether oxygens (including phenoxy) is 2. The average Bonchev–Trinajstić information content (AvgIpc) is 2.39. The van der Waals surface area contributed by atoms with Gasteiger partial charge in [0.05, 0.1) is 12.2 Å². The number of amides is 1. The Kier molecular flexibility index (Phi) is 5.17. The highest BCUT2D eigenvalue weighted by atomic mass is 16.5. The number of carboxylic acids is 1. The van der Waals surface area contributed by atoms with E-state index in [1.165, 1.54) is 25.2 Å². The summed E-state index contributed by atoms with van der Waals surface area (Å²) in [6, 6.07) is 4.25. The Morgan fingerprint density at radius 3 is 2.58 bits per heavy atom. The minimum atomic E-state index is -1.05. The van der Waals surface area contributed by atoms with E-state index in [4.69, 9.17) is 14.6 Å². The molecule has 104 valence electrons. The highest BCUT2D eigenvalue weighted by Crippen LogP contribution is 2.29. The molecular formula is C13H17NO5. The molecule has 0 spiro atoms. The van der Waals surface area contributed by atoms with Crippen LogP contribution < -0.4 is 14.8 Å². The number of hydrogen-bond donors (Lipinski definition) is 2. The standard InChI is InChI=1S/C13H17NO5/c1-4-18-11-7-9(13(16)17)5-6-10(11)19-8(2)12(15)14-3/h5-8H,4H2,1-3H3,(H,14,15)(H,16,17). The van der Waals surface area contributed by atoms with Crippen molar-refractivity contribution < 1.29 is 24.2 Å². The topological polar surface area (TPSA) is 84.9 Å². The number of carboxylic acid groups (broad SMARTS) is 1. The summed E-state index contributed by atoms with van der Waals surface area (Å²) in [5, 5.41) is 11.4. The second-order valence-corrected chi connectivity index (χ2v) is 3.77. The van der Waals surface area contributed by atoms with Crippen molar-refractivity contribution in [3.63, 3.8) is 0 Å². The van der Waals surface area contributed by atoms with E-state index < -0.39 is 12.1 Å². The molecule has 0 aliphatic carbocycles. The summed E-state index contributed by atoms with van der Waals surface area (Å²) in [4.78, 5) is 22.3. The molecule has 0 saturated heterocycles. The summed E-state index contributed by atoms with van der Waals surface area (Å²) in [6.45, 7) is 3.74. The predicted octanol–water partition coefficient (Wildman–Crippen LogP) is 1.30. The number of aromatic carboxylic acids is 1. The second-order valence-electron chi connectivity index (χ2n) is 3.77. The van der Waals surface area contributed by atoms with Gasteiger partial charge >= 0.3 is 5.97 Å². The van der Waals surface area contributed by atoms with Crippen LogP contribution in [0, 0.1) is 0 Å². The van der Waals surface area contributed by atoms with E-state index in [0.717, 1.165) is 0 Å². The zero-order chi connectivity index (χ0) is 14.4. The maximum Gasteiger partial charge on any atom is 0.335 e. The molecule has 0 bridgehead atoms. The van der Waals surface area contributed by atoms with Crippen LogP contribution >= 0.6 is 0 Å². The number of carbonyl (C=O) groups is 2. The molecule has 1 aromatic rings. The van der Waals surface area contributed by atoms with Crippen LogP contribution in [0.4, 0.5) is 0 Å². The van der Waals surface area contributed by atoms with Crippen molar-refractivity contribution in [2.24, 2.45) is 0 Å². The molecule has 1 unspecified atom stereocenters. The van der Waals surface area contributed by atoms with E-state index in [-0.39, 0.29) is 11.5 Å². The quantitative estimate of drug-likeness (QED) is 0.811. The summed E-state index contributed by atoms with van der Waals surface area (Å²) in [7, 11) is 1.51. The Labute approximate surface area is 111 Å². The number of nitrogens with one attached hydrogen (secondary N) is 1. The van der Waals surface area contributed by atoms with Gasteiger partial charge in [0.25, 0.3) is 5.91 Å². The van der Waals surface area contributed by atoms with Crippen molar-refractivity contribution in [2.45, 2.75) is 20.0 Å². The summed E-state index contributed by atoms with van der Waals surface area (Å²) in [5.74, 6) is -0.683. The number of carbonyl (C=O) groups excluding carboxylic acids is 1. The van der Waals surface area contributed by atoms with Crippen LogP contribution in [0.3, 0.4) is 0 Å². The van der Waals surface area contributed by atoms with Crippen molar-refractivity contribution in [2.75, 3.05) is 13.7 Å². The molecule has 0 aliphatic heterocycles. The predicted molar refractivity (Wildman–Crippen MR) is 68.7 cm³/mol. The third kappa shape index (κ3) is 3.87. The Bertz CT molecular complexity index is 472. The van der Waals surface area contributed by atoms with E-state index in [1.54, 1.807) is 13.8 Å². The second kappa shape index (κ2) is 6.63. The normalized spacial score (nSPS) is 11.5. The average molecular weight is 267 g/mol. The molecule has 1 atom stereocenters. The molecule has 1 amide bonds. The first-order chi connectivity index (χ1) is 8.99.